The minimum absolute atomic E-state index is 0.303. The molecule has 2 aromatic carbocycles. The molecule has 1 amide bonds. The fraction of sp³-hybridized carbons (Fsp3) is 0.481. The number of aryl methyl sites for hydroxylation is 1. The molecule has 1 saturated heterocycles. The Labute approximate surface area is 223 Å². The van der Waals surface area contributed by atoms with Gasteiger partial charge in [0.05, 0.1) is 0 Å². The number of nitrogens with zero attached hydrogens (tertiary/aromatic N) is 1. The Bertz CT molecular complexity index is 1110. The Balaban J connectivity index is 0.000000532. The zero-order valence-corrected chi connectivity index (χ0v) is 21.2. The molecule has 12 heteroatoms. The minimum Gasteiger partial charge on any atom is -0.475 e. The number of carbonyl (C=O) groups is 2. The van der Waals surface area contributed by atoms with E-state index in [4.69, 9.17) is 15.1 Å². The second-order valence-corrected chi connectivity index (χ2v) is 9.86. The molecule has 0 radical (unpaired) electrons. The highest BCUT2D eigenvalue weighted by Crippen LogP contribution is 2.41. The van der Waals surface area contributed by atoms with E-state index in [2.05, 4.69) is 10.2 Å². The molecule has 2 fully saturated rings. The van der Waals surface area contributed by atoms with Gasteiger partial charge in [-0.3, -0.25) is 10.0 Å². The van der Waals surface area contributed by atoms with Gasteiger partial charge in [0.15, 0.2) is 11.6 Å². The standard InChI is InChI=1S/C25H31F2N3O2.C2HF3O2/c26-22-8-7-20(14-23(22)27)21-15-24(21)28-16-18-9-12-30(13-10-18)11-1-2-17-3-5-19(6-4-17)25(31)29-32;3-2(4,5)1(6)7/h3-8,14,18,21,24,28,32H,1-2,9-13,15-16H2,(H,29,31);(H,6,7). The Morgan fingerprint density at radius 2 is 1.64 bits per heavy atom. The monoisotopic (exact) mass is 557 g/mol. The number of carboxylic acid groups (broad SMARTS) is 1. The van der Waals surface area contributed by atoms with Gasteiger partial charge in [0.2, 0.25) is 0 Å². The molecule has 2 aromatic rings. The lowest BCUT2D eigenvalue weighted by molar-refractivity contribution is -0.192. The van der Waals surface area contributed by atoms with Crippen LogP contribution < -0.4 is 10.8 Å². The molecule has 0 bridgehead atoms. The second kappa shape index (κ2) is 13.8. The normalized spacial score (nSPS) is 19.6. The second-order valence-electron chi connectivity index (χ2n) is 9.86. The summed E-state index contributed by atoms with van der Waals surface area (Å²) in [5.74, 6) is -3.81. The SMILES string of the molecule is O=C(NO)c1ccc(CCCN2CCC(CNC3CC3c3ccc(F)c(F)c3)CC2)cc1.O=C(O)C(F)(F)F. The summed E-state index contributed by atoms with van der Waals surface area (Å²) < 4.78 is 58.3. The van der Waals surface area contributed by atoms with Gasteiger partial charge in [-0.2, -0.15) is 13.2 Å². The minimum atomic E-state index is -5.08. The van der Waals surface area contributed by atoms with E-state index in [-0.39, 0.29) is 0 Å². The van der Waals surface area contributed by atoms with E-state index in [1.165, 1.54) is 30.5 Å². The molecule has 2 unspecified atom stereocenters. The topological polar surface area (TPSA) is 102 Å². The van der Waals surface area contributed by atoms with Crippen LogP contribution in [0.2, 0.25) is 0 Å². The quantitative estimate of drug-likeness (QED) is 0.206. The van der Waals surface area contributed by atoms with Crippen molar-refractivity contribution in [1.82, 2.24) is 15.7 Å². The summed E-state index contributed by atoms with van der Waals surface area (Å²) in [6.07, 6.45) is 0.318. The number of benzene rings is 2. The number of hydrogen-bond acceptors (Lipinski definition) is 5. The number of rotatable bonds is 9. The van der Waals surface area contributed by atoms with E-state index in [0.29, 0.717) is 23.4 Å². The number of hydrogen-bond donors (Lipinski definition) is 4. The first-order valence-electron chi connectivity index (χ1n) is 12.7. The summed E-state index contributed by atoms with van der Waals surface area (Å²) in [6.45, 7) is 4.28. The summed E-state index contributed by atoms with van der Waals surface area (Å²) in [5, 5.41) is 19.4. The Kier molecular flexibility index (Phi) is 10.8. The van der Waals surface area contributed by atoms with E-state index < -0.39 is 29.7 Å². The molecule has 2 atom stereocenters. The first-order chi connectivity index (χ1) is 18.5. The number of likely N-dealkylation sites (tertiary alicyclic amines) is 1. The highest BCUT2D eigenvalue weighted by molar-refractivity contribution is 5.93. The van der Waals surface area contributed by atoms with E-state index in [1.54, 1.807) is 23.7 Å². The van der Waals surface area contributed by atoms with Crippen LogP contribution in [-0.4, -0.2) is 65.5 Å². The molecular weight excluding hydrogens is 525 g/mol. The smallest absolute Gasteiger partial charge is 0.475 e. The van der Waals surface area contributed by atoms with Crippen LogP contribution in [0, 0.1) is 17.6 Å². The number of alkyl halides is 3. The number of carbonyl (C=O) groups excluding carboxylic acids is 1. The van der Waals surface area contributed by atoms with Crippen LogP contribution in [0.5, 0.6) is 0 Å². The number of carboxylic acids is 1. The summed E-state index contributed by atoms with van der Waals surface area (Å²) in [5.41, 5.74) is 4.18. The van der Waals surface area contributed by atoms with E-state index in [0.717, 1.165) is 51.0 Å². The fourth-order valence-electron chi connectivity index (χ4n) is 4.66. The molecule has 2 aliphatic rings. The number of hydroxylamine groups is 1. The third kappa shape index (κ3) is 9.55. The lowest BCUT2D eigenvalue weighted by Crippen LogP contribution is -2.38. The van der Waals surface area contributed by atoms with Crippen LogP contribution in [0.15, 0.2) is 42.5 Å². The molecule has 39 heavy (non-hydrogen) atoms. The molecule has 1 aliphatic carbocycles. The Hall–Kier alpha value is -3.09. The van der Waals surface area contributed by atoms with Crippen molar-refractivity contribution >= 4 is 11.9 Å². The first kappa shape index (κ1) is 30.5. The van der Waals surface area contributed by atoms with Crippen LogP contribution in [-0.2, 0) is 11.2 Å². The predicted octanol–water partition coefficient (Wildman–Crippen LogP) is 4.51. The summed E-state index contributed by atoms with van der Waals surface area (Å²) in [6, 6.07) is 12.0. The molecular formula is C27H32F5N3O4. The van der Waals surface area contributed by atoms with Crippen molar-refractivity contribution in [2.24, 2.45) is 5.92 Å². The largest absolute Gasteiger partial charge is 0.490 e. The van der Waals surface area contributed by atoms with Gasteiger partial charge in [-0.1, -0.05) is 18.2 Å². The van der Waals surface area contributed by atoms with Crippen LogP contribution in [0.4, 0.5) is 22.0 Å². The van der Waals surface area contributed by atoms with Crippen LogP contribution >= 0.6 is 0 Å². The van der Waals surface area contributed by atoms with Gasteiger partial charge in [-0.25, -0.2) is 19.1 Å². The Morgan fingerprint density at radius 3 is 2.21 bits per heavy atom. The maximum atomic E-state index is 13.4. The average molecular weight is 558 g/mol. The fourth-order valence-corrected chi connectivity index (χ4v) is 4.66. The third-order valence-corrected chi connectivity index (χ3v) is 7.04. The molecule has 0 aromatic heterocycles. The van der Waals surface area contributed by atoms with Gasteiger partial charge in [0.25, 0.3) is 5.91 Å². The van der Waals surface area contributed by atoms with Gasteiger partial charge in [-0.15, -0.1) is 0 Å². The Morgan fingerprint density at radius 1 is 1.00 bits per heavy atom. The van der Waals surface area contributed by atoms with E-state index in [1.807, 2.05) is 12.1 Å². The van der Waals surface area contributed by atoms with Crippen LogP contribution in [0.25, 0.3) is 0 Å². The van der Waals surface area contributed by atoms with Crippen molar-refractivity contribution in [1.29, 1.82) is 0 Å². The molecule has 214 valence electrons. The molecule has 1 heterocycles. The van der Waals surface area contributed by atoms with Crippen molar-refractivity contribution in [2.45, 2.75) is 50.2 Å². The van der Waals surface area contributed by atoms with Crippen molar-refractivity contribution in [2.75, 3.05) is 26.2 Å². The molecule has 4 rings (SSSR count). The predicted molar refractivity (Wildman–Crippen MR) is 132 cm³/mol. The lowest BCUT2D eigenvalue weighted by Gasteiger charge is -2.32. The molecule has 4 N–H and O–H groups in total. The number of nitrogens with one attached hydrogen (secondary N) is 2. The number of halogens is 5. The van der Waals surface area contributed by atoms with E-state index in [9.17, 15) is 26.7 Å². The highest BCUT2D eigenvalue weighted by Gasteiger charge is 2.39. The molecule has 7 nitrogen and oxygen atoms in total. The van der Waals surface area contributed by atoms with Crippen LogP contribution in [0.1, 0.15) is 53.1 Å². The van der Waals surface area contributed by atoms with Gasteiger partial charge in [0, 0.05) is 17.5 Å². The maximum absolute atomic E-state index is 13.4. The summed E-state index contributed by atoms with van der Waals surface area (Å²) in [4.78, 5) is 22.8. The van der Waals surface area contributed by atoms with Gasteiger partial charge >= 0.3 is 12.1 Å². The number of amides is 1. The van der Waals surface area contributed by atoms with Gasteiger partial charge in [0.1, 0.15) is 0 Å². The first-order valence-corrected chi connectivity index (χ1v) is 12.7. The number of piperidine rings is 1. The van der Waals surface area contributed by atoms with Crippen LogP contribution in [0.3, 0.4) is 0 Å². The third-order valence-electron chi connectivity index (χ3n) is 7.04. The lowest BCUT2D eigenvalue weighted by atomic mass is 9.96. The van der Waals surface area contributed by atoms with Crippen molar-refractivity contribution in [3.8, 4) is 0 Å². The maximum Gasteiger partial charge on any atom is 0.490 e. The summed E-state index contributed by atoms with van der Waals surface area (Å²) >= 11 is 0. The zero-order chi connectivity index (χ0) is 28.6. The van der Waals surface area contributed by atoms with Gasteiger partial charge in [-0.05, 0) is 99.6 Å². The molecule has 1 saturated carbocycles. The summed E-state index contributed by atoms with van der Waals surface area (Å²) in [7, 11) is 0. The van der Waals surface area contributed by atoms with E-state index >= 15 is 0 Å². The zero-order valence-electron chi connectivity index (χ0n) is 21.2. The average Bonchev–Trinajstić information content (AvgIpc) is 3.69. The van der Waals surface area contributed by atoms with Crippen molar-refractivity contribution < 1.29 is 41.9 Å². The molecule has 0 spiro atoms. The number of aliphatic carboxylic acids is 1. The molecule has 1 aliphatic heterocycles. The highest BCUT2D eigenvalue weighted by atomic mass is 19.4. The van der Waals surface area contributed by atoms with Crippen molar-refractivity contribution in [3.63, 3.8) is 0 Å². The van der Waals surface area contributed by atoms with Gasteiger partial charge < -0.3 is 15.3 Å². The van der Waals surface area contributed by atoms with Crippen molar-refractivity contribution in [3.05, 3.63) is 70.8 Å².